The molecule has 0 atom stereocenters. The van der Waals surface area contributed by atoms with Crippen LogP contribution in [0.2, 0.25) is 0 Å². The van der Waals surface area contributed by atoms with Crippen LogP contribution in [0.25, 0.3) is 0 Å². The standard InChI is InChI=1S/C17H21F3N2O2.Na.H/c18-17(19,20)13-9-12(16(23)24)10-15(11-13)22-7-3-14(4-8-22)21-5-1-2-6-21;;/h9-11,14H,1-8H2,(H,23,24);;/q;+1;-1. The van der Waals surface area contributed by atoms with Crippen molar-refractivity contribution < 1.29 is 54.1 Å². The maximum absolute atomic E-state index is 13.0. The second-order valence-corrected chi connectivity index (χ2v) is 6.53. The minimum atomic E-state index is -4.55. The van der Waals surface area contributed by atoms with E-state index in [1.54, 1.807) is 0 Å². The third-order valence-electron chi connectivity index (χ3n) is 4.98. The second-order valence-electron chi connectivity index (χ2n) is 6.53. The predicted molar refractivity (Wildman–Crippen MR) is 85.6 cm³/mol. The molecule has 0 saturated carbocycles. The number of aromatic carboxylic acids is 1. The zero-order chi connectivity index (χ0) is 17.3. The van der Waals surface area contributed by atoms with Crippen molar-refractivity contribution in [2.75, 3.05) is 31.1 Å². The molecular formula is C17H22F3N2NaO2. The largest absolute Gasteiger partial charge is 1.00 e. The summed E-state index contributed by atoms with van der Waals surface area (Å²) in [6, 6.07) is 3.59. The predicted octanol–water partition coefficient (Wildman–Crippen LogP) is 0.585. The summed E-state index contributed by atoms with van der Waals surface area (Å²) in [5, 5.41) is 9.09. The van der Waals surface area contributed by atoms with Crippen molar-refractivity contribution in [3.63, 3.8) is 0 Å². The molecule has 0 unspecified atom stereocenters. The van der Waals surface area contributed by atoms with Gasteiger partial charge in [-0.15, -0.1) is 0 Å². The van der Waals surface area contributed by atoms with Gasteiger partial charge in [-0.3, -0.25) is 0 Å². The minimum Gasteiger partial charge on any atom is -1.00 e. The molecule has 0 spiro atoms. The quantitative estimate of drug-likeness (QED) is 0.796. The van der Waals surface area contributed by atoms with Crippen LogP contribution in [0.3, 0.4) is 0 Å². The summed E-state index contributed by atoms with van der Waals surface area (Å²) >= 11 is 0. The Bertz CT molecular complexity index is 617. The summed E-state index contributed by atoms with van der Waals surface area (Å²) in [5.41, 5.74) is -0.873. The zero-order valence-electron chi connectivity index (χ0n) is 15.4. The van der Waals surface area contributed by atoms with Gasteiger partial charge >= 0.3 is 41.7 Å². The molecule has 2 fully saturated rings. The number of benzene rings is 1. The smallest absolute Gasteiger partial charge is 1.00 e. The summed E-state index contributed by atoms with van der Waals surface area (Å²) in [6.07, 6.45) is -0.309. The van der Waals surface area contributed by atoms with Crippen molar-refractivity contribution in [3.8, 4) is 0 Å². The molecule has 2 saturated heterocycles. The fourth-order valence-electron chi connectivity index (χ4n) is 3.68. The number of hydrogen-bond acceptors (Lipinski definition) is 3. The van der Waals surface area contributed by atoms with Crippen LogP contribution < -0.4 is 34.5 Å². The van der Waals surface area contributed by atoms with Gasteiger partial charge in [0, 0.05) is 24.8 Å². The van der Waals surface area contributed by atoms with E-state index in [2.05, 4.69) is 4.90 Å². The van der Waals surface area contributed by atoms with E-state index in [4.69, 9.17) is 5.11 Å². The Morgan fingerprint density at radius 1 is 1.08 bits per heavy atom. The molecule has 4 nitrogen and oxygen atoms in total. The summed E-state index contributed by atoms with van der Waals surface area (Å²) in [6.45, 7) is 3.53. The van der Waals surface area contributed by atoms with Crippen molar-refractivity contribution in [2.45, 2.75) is 37.9 Å². The number of likely N-dealkylation sites (tertiary alicyclic amines) is 1. The van der Waals surface area contributed by atoms with Crippen molar-refractivity contribution in [2.24, 2.45) is 0 Å². The molecule has 0 aliphatic carbocycles. The molecule has 1 aromatic rings. The Hall–Kier alpha value is -0.760. The number of alkyl halides is 3. The zero-order valence-corrected chi connectivity index (χ0v) is 16.4. The first kappa shape index (κ1) is 20.6. The number of carboxylic acids is 1. The van der Waals surface area contributed by atoms with Crippen molar-refractivity contribution in [3.05, 3.63) is 29.3 Å². The van der Waals surface area contributed by atoms with Crippen LogP contribution in [0.1, 0.15) is 43.0 Å². The SMILES string of the molecule is O=C(O)c1cc(N2CCC(N3CCCC3)CC2)cc(C(F)(F)F)c1.[H-].[Na+]. The normalized spacial score (nSPS) is 19.7. The number of rotatable bonds is 3. The first-order valence-corrected chi connectivity index (χ1v) is 8.29. The van der Waals surface area contributed by atoms with Crippen molar-refractivity contribution in [1.82, 2.24) is 4.90 Å². The van der Waals surface area contributed by atoms with Crippen LogP contribution in [0.5, 0.6) is 0 Å². The van der Waals surface area contributed by atoms with E-state index in [0.29, 0.717) is 30.9 Å². The van der Waals surface area contributed by atoms with Gasteiger partial charge in [0.25, 0.3) is 0 Å². The summed E-state index contributed by atoms with van der Waals surface area (Å²) < 4.78 is 39.1. The minimum absolute atomic E-state index is 0. The van der Waals surface area contributed by atoms with E-state index >= 15 is 0 Å². The number of nitrogens with zero attached hydrogens (tertiary/aromatic N) is 2. The van der Waals surface area contributed by atoms with Gasteiger partial charge in [0.2, 0.25) is 0 Å². The number of carboxylic acid groups (broad SMARTS) is 1. The molecule has 2 heterocycles. The fourth-order valence-corrected chi connectivity index (χ4v) is 3.68. The Morgan fingerprint density at radius 3 is 2.20 bits per heavy atom. The Labute approximate surface area is 168 Å². The van der Waals surface area contributed by atoms with Gasteiger partial charge in [-0.05, 0) is 57.0 Å². The average molecular weight is 366 g/mol. The van der Waals surface area contributed by atoms with Crippen LogP contribution in [-0.2, 0) is 6.18 Å². The average Bonchev–Trinajstić information content (AvgIpc) is 3.08. The molecule has 1 aromatic carbocycles. The number of hydrogen-bond donors (Lipinski definition) is 1. The number of anilines is 1. The van der Waals surface area contributed by atoms with Crippen LogP contribution in [0.15, 0.2) is 18.2 Å². The van der Waals surface area contributed by atoms with Gasteiger partial charge in [0.1, 0.15) is 0 Å². The van der Waals surface area contributed by atoms with Gasteiger partial charge < -0.3 is 16.3 Å². The van der Waals surface area contributed by atoms with Crippen LogP contribution in [0, 0.1) is 0 Å². The van der Waals surface area contributed by atoms with E-state index < -0.39 is 17.7 Å². The summed E-state index contributed by atoms with van der Waals surface area (Å²) in [5.74, 6) is -1.34. The topological polar surface area (TPSA) is 43.8 Å². The maximum Gasteiger partial charge on any atom is 1.00 e. The molecule has 0 aromatic heterocycles. The first-order valence-electron chi connectivity index (χ1n) is 8.29. The van der Waals surface area contributed by atoms with E-state index in [0.717, 1.165) is 32.0 Å². The molecule has 0 amide bonds. The van der Waals surface area contributed by atoms with Crippen LogP contribution >= 0.6 is 0 Å². The van der Waals surface area contributed by atoms with E-state index in [-0.39, 0.29) is 36.5 Å². The molecule has 3 rings (SSSR count). The van der Waals surface area contributed by atoms with Crippen LogP contribution in [0.4, 0.5) is 18.9 Å². The van der Waals surface area contributed by atoms with Gasteiger partial charge in [-0.25, -0.2) is 4.79 Å². The third kappa shape index (κ3) is 4.90. The van der Waals surface area contributed by atoms with E-state index in [1.807, 2.05) is 4.90 Å². The molecule has 134 valence electrons. The van der Waals surface area contributed by atoms with Gasteiger partial charge in [-0.1, -0.05) is 0 Å². The molecular weight excluding hydrogens is 344 g/mol. The first-order chi connectivity index (χ1) is 11.3. The second kappa shape index (κ2) is 8.29. The maximum atomic E-state index is 13.0. The van der Waals surface area contributed by atoms with Crippen molar-refractivity contribution in [1.29, 1.82) is 0 Å². The Morgan fingerprint density at radius 2 is 1.68 bits per heavy atom. The third-order valence-corrected chi connectivity index (χ3v) is 4.98. The van der Waals surface area contributed by atoms with E-state index in [9.17, 15) is 18.0 Å². The summed E-state index contributed by atoms with van der Waals surface area (Å²) in [4.78, 5) is 15.5. The van der Waals surface area contributed by atoms with Crippen molar-refractivity contribution >= 4 is 11.7 Å². The number of halogens is 3. The van der Waals surface area contributed by atoms with Gasteiger partial charge in [0.05, 0.1) is 11.1 Å². The van der Waals surface area contributed by atoms with E-state index in [1.165, 1.54) is 18.9 Å². The van der Waals surface area contributed by atoms with Crippen LogP contribution in [-0.4, -0.2) is 48.2 Å². The Kier molecular flexibility index (Phi) is 6.81. The molecule has 0 bridgehead atoms. The molecule has 2 aliphatic rings. The molecule has 8 heteroatoms. The molecule has 1 N–H and O–H groups in total. The van der Waals surface area contributed by atoms with Gasteiger partial charge in [-0.2, -0.15) is 13.2 Å². The number of piperidine rings is 1. The Balaban J connectivity index is 0.00000169. The molecule has 2 aliphatic heterocycles. The number of carbonyl (C=O) groups is 1. The van der Waals surface area contributed by atoms with Gasteiger partial charge in [0.15, 0.2) is 0 Å². The fraction of sp³-hybridized carbons (Fsp3) is 0.588. The summed E-state index contributed by atoms with van der Waals surface area (Å²) in [7, 11) is 0. The monoisotopic (exact) mass is 366 g/mol. The molecule has 0 radical (unpaired) electrons. The molecule has 25 heavy (non-hydrogen) atoms.